The Morgan fingerprint density at radius 3 is 2.70 bits per heavy atom. The van der Waals surface area contributed by atoms with E-state index in [1.54, 1.807) is 7.11 Å². The lowest BCUT2D eigenvalue weighted by Gasteiger charge is -2.25. The van der Waals surface area contributed by atoms with E-state index in [0.29, 0.717) is 0 Å². The van der Waals surface area contributed by atoms with Crippen molar-refractivity contribution < 1.29 is 4.74 Å². The van der Waals surface area contributed by atoms with Gasteiger partial charge in [0.05, 0.1) is 5.60 Å². The summed E-state index contributed by atoms with van der Waals surface area (Å²) in [5, 5.41) is 0. The van der Waals surface area contributed by atoms with Gasteiger partial charge in [-0.2, -0.15) is 0 Å². The van der Waals surface area contributed by atoms with E-state index in [9.17, 15) is 0 Å². The van der Waals surface area contributed by atoms with Crippen LogP contribution in [-0.2, 0) is 4.74 Å². The summed E-state index contributed by atoms with van der Waals surface area (Å²) in [6.45, 7) is 4.19. The molecule has 0 bridgehead atoms. The molecule has 0 radical (unpaired) electrons. The molecule has 1 atom stereocenters. The number of methoxy groups -OCH3 is 1. The number of ether oxygens (including phenoxy) is 1. The molecule has 1 heteroatoms. The van der Waals surface area contributed by atoms with Gasteiger partial charge in [-0.15, -0.1) is 0 Å². The van der Waals surface area contributed by atoms with Crippen molar-refractivity contribution in [2.75, 3.05) is 7.11 Å². The summed E-state index contributed by atoms with van der Waals surface area (Å²) in [5.41, 5.74) is 1.27. The minimum atomic E-state index is -0.0560. The Balaban J connectivity index is 2.67. The molecule has 0 aromatic heterocycles. The van der Waals surface area contributed by atoms with E-state index in [1.165, 1.54) is 5.57 Å². The topological polar surface area (TPSA) is 9.23 Å². The van der Waals surface area contributed by atoms with E-state index in [0.717, 1.165) is 6.42 Å². The first-order valence-corrected chi connectivity index (χ1v) is 3.57. The van der Waals surface area contributed by atoms with Crippen molar-refractivity contribution >= 4 is 0 Å². The first-order valence-electron chi connectivity index (χ1n) is 3.57. The third kappa shape index (κ3) is 1.48. The SMILES string of the molecule is COC1(C)C=CC(C)=CC1. The molecule has 0 aromatic rings. The van der Waals surface area contributed by atoms with E-state index >= 15 is 0 Å². The Morgan fingerprint density at radius 2 is 2.30 bits per heavy atom. The molecule has 0 amide bonds. The van der Waals surface area contributed by atoms with Crippen LogP contribution in [0.1, 0.15) is 20.3 Å². The van der Waals surface area contributed by atoms with E-state index in [4.69, 9.17) is 4.74 Å². The van der Waals surface area contributed by atoms with Crippen LogP contribution >= 0.6 is 0 Å². The van der Waals surface area contributed by atoms with Crippen molar-refractivity contribution in [3.63, 3.8) is 0 Å². The second-order valence-corrected chi connectivity index (χ2v) is 3.00. The minimum Gasteiger partial charge on any atom is -0.374 e. The Hall–Kier alpha value is -0.560. The van der Waals surface area contributed by atoms with Gasteiger partial charge in [0.15, 0.2) is 0 Å². The monoisotopic (exact) mass is 138 g/mol. The van der Waals surface area contributed by atoms with Crippen molar-refractivity contribution in [1.29, 1.82) is 0 Å². The van der Waals surface area contributed by atoms with E-state index < -0.39 is 0 Å². The normalized spacial score (nSPS) is 32.1. The third-order valence-corrected chi connectivity index (χ3v) is 1.99. The predicted molar refractivity (Wildman–Crippen MR) is 42.9 cm³/mol. The zero-order chi connectivity index (χ0) is 7.61. The van der Waals surface area contributed by atoms with E-state index in [2.05, 4.69) is 32.1 Å². The van der Waals surface area contributed by atoms with Crippen molar-refractivity contribution in [3.8, 4) is 0 Å². The van der Waals surface area contributed by atoms with E-state index in [-0.39, 0.29) is 5.60 Å². The van der Waals surface area contributed by atoms with Crippen LogP contribution in [0.4, 0.5) is 0 Å². The maximum Gasteiger partial charge on any atom is 0.0868 e. The zero-order valence-corrected chi connectivity index (χ0v) is 6.85. The van der Waals surface area contributed by atoms with Crippen LogP contribution < -0.4 is 0 Å². The third-order valence-electron chi connectivity index (χ3n) is 1.99. The zero-order valence-electron chi connectivity index (χ0n) is 6.85. The lowest BCUT2D eigenvalue weighted by atomic mass is 9.94. The van der Waals surface area contributed by atoms with Gasteiger partial charge in [-0.05, 0) is 20.3 Å². The average Bonchev–Trinajstić information content (AvgIpc) is 1.96. The van der Waals surface area contributed by atoms with Crippen molar-refractivity contribution in [3.05, 3.63) is 23.8 Å². The van der Waals surface area contributed by atoms with Gasteiger partial charge in [0, 0.05) is 7.11 Å². The van der Waals surface area contributed by atoms with Gasteiger partial charge in [-0.3, -0.25) is 0 Å². The molecule has 1 rings (SSSR count). The molecule has 56 valence electrons. The molecule has 1 aliphatic carbocycles. The molecule has 1 nitrogen and oxygen atoms in total. The van der Waals surface area contributed by atoms with Gasteiger partial charge in [0.2, 0.25) is 0 Å². The maximum atomic E-state index is 5.30. The van der Waals surface area contributed by atoms with Gasteiger partial charge < -0.3 is 4.74 Å². The Kier molecular flexibility index (Phi) is 1.95. The molecule has 0 heterocycles. The van der Waals surface area contributed by atoms with Gasteiger partial charge in [-0.1, -0.05) is 23.8 Å². The van der Waals surface area contributed by atoms with Crippen LogP contribution in [0.5, 0.6) is 0 Å². The molecule has 0 N–H and O–H groups in total. The standard InChI is InChI=1S/C9H14O/c1-8-4-6-9(2,10-3)7-5-8/h4-6H,7H2,1-3H3. The number of rotatable bonds is 1. The molecular formula is C9H14O. The molecule has 0 saturated carbocycles. The number of allylic oxidation sites excluding steroid dienone is 2. The fourth-order valence-electron chi connectivity index (χ4n) is 0.959. The summed E-state index contributed by atoms with van der Waals surface area (Å²) in [6, 6.07) is 0. The lowest BCUT2D eigenvalue weighted by Crippen LogP contribution is -2.24. The fourth-order valence-corrected chi connectivity index (χ4v) is 0.959. The van der Waals surface area contributed by atoms with Crippen molar-refractivity contribution in [2.24, 2.45) is 0 Å². The first kappa shape index (κ1) is 7.55. The second kappa shape index (κ2) is 2.59. The molecule has 10 heavy (non-hydrogen) atoms. The molecule has 1 aliphatic rings. The molecule has 0 spiro atoms. The fraction of sp³-hybridized carbons (Fsp3) is 0.556. The van der Waals surface area contributed by atoms with Crippen LogP contribution in [0.2, 0.25) is 0 Å². The van der Waals surface area contributed by atoms with Gasteiger partial charge >= 0.3 is 0 Å². The first-order chi connectivity index (χ1) is 4.66. The summed E-state index contributed by atoms with van der Waals surface area (Å²) in [4.78, 5) is 0. The molecule has 0 aliphatic heterocycles. The number of hydrogen-bond donors (Lipinski definition) is 0. The van der Waals surface area contributed by atoms with Crippen LogP contribution in [-0.4, -0.2) is 12.7 Å². The Bertz CT molecular complexity index is 179. The molecule has 0 aromatic carbocycles. The maximum absolute atomic E-state index is 5.30. The van der Waals surface area contributed by atoms with E-state index in [1.807, 2.05) is 0 Å². The van der Waals surface area contributed by atoms with Crippen molar-refractivity contribution in [2.45, 2.75) is 25.9 Å². The van der Waals surface area contributed by atoms with Gasteiger partial charge in [0.25, 0.3) is 0 Å². The highest BCUT2D eigenvalue weighted by atomic mass is 16.5. The quantitative estimate of drug-likeness (QED) is 0.540. The highest BCUT2D eigenvalue weighted by molar-refractivity contribution is 5.25. The average molecular weight is 138 g/mol. The summed E-state index contributed by atoms with van der Waals surface area (Å²) < 4.78 is 5.30. The predicted octanol–water partition coefficient (Wildman–Crippen LogP) is 2.30. The largest absolute Gasteiger partial charge is 0.374 e. The minimum absolute atomic E-state index is 0.0560. The van der Waals surface area contributed by atoms with Gasteiger partial charge in [0.1, 0.15) is 0 Å². The van der Waals surface area contributed by atoms with Crippen LogP contribution in [0, 0.1) is 0 Å². The molecular weight excluding hydrogens is 124 g/mol. The summed E-state index contributed by atoms with van der Waals surface area (Å²) >= 11 is 0. The summed E-state index contributed by atoms with van der Waals surface area (Å²) in [7, 11) is 1.75. The summed E-state index contributed by atoms with van der Waals surface area (Å²) in [6.07, 6.45) is 7.41. The van der Waals surface area contributed by atoms with Crippen LogP contribution in [0.3, 0.4) is 0 Å². The van der Waals surface area contributed by atoms with Crippen LogP contribution in [0.15, 0.2) is 23.8 Å². The van der Waals surface area contributed by atoms with Crippen molar-refractivity contribution in [1.82, 2.24) is 0 Å². The molecule has 0 saturated heterocycles. The smallest absolute Gasteiger partial charge is 0.0868 e. The molecule has 0 fully saturated rings. The highest BCUT2D eigenvalue weighted by Crippen LogP contribution is 2.22. The Morgan fingerprint density at radius 1 is 1.60 bits per heavy atom. The second-order valence-electron chi connectivity index (χ2n) is 3.00. The number of hydrogen-bond acceptors (Lipinski definition) is 1. The lowest BCUT2D eigenvalue weighted by molar-refractivity contribution is 0.0502. The van der Waals surface area contributed by atoms with Crippen LogP contribution in [0.25, 0.3) is 0 Å². The molecule has 1 unspecified atom stereocenters. The highest BCUT2D eigenvalue weighted by Gasteiger charge is 2.19. The van der Waals surface area contributed by atoms with Gasteiger partial charge in [-0.25, -0.2) is 0 Å². The summed E-state index contributed by atoms with van der Waals surface area (Å²) in [5.74, 6) is 0. The Labute approximate surface area is 62.4 Å².